The standard InChI is InChI=1S/C6H14O3.C3H7N.H2O/c1-2-6(3-7,4-8)5-9;1-2-4-3-1;/h7-9H,2-5H2,1H3;4H,1-3H2;1H2. The molecule has 0 saturated carbocycles. The van der Waals surface area contributed by atoms with Gasteiger partial charge in [0.25, 0.3) is 0 Å². The maximum absolute atomic E-state index is 8.66. The minimum atomic E-state index is -0.667. The molecule has 6 N–H and O–H groups in total. The summed E-state index contributed by atoms with van der Waals surface area (Å²) in [5.41, 5.74) is -0.667. The Morgan fingerprint density at radius 3 is 1.36 bits per heavy atom. The van der Waals surface area contributed by atoms with Crippen LogP contribution in [0, 0.1) is 5.41 Å². The number of aliphatic hydroxyl groups is 3. The molecule has 1 saturated heterocycles. The molecule has 1 rings (SSSR count). The van der Waals surface area contributed by atoms with Gasteiger partial charge in [0.15, 0.2) is 0 Å². The third-order valence-corrected chi connectivity index (χ3v) is 2.46. The van der Waals surface area contributed by atoms with Gasteiger partial charge in [0.1, 0.15) is 0 Å². The SMILES string of the molecule is C1CNC1.CCC(CO)(CO)CO.O. The average Bonchev–Trinajstić information content (AvgIpc) is 2.07. The number of nitrogens with one attached hydrogen (secondary N) is 1. The van der Waals surface area contributed by atoms with Gasteiger partial charge in [0, 0.05) is 5.41 Å². The Labute approximate surface area is 85.1 Å². The first-order valence-electron chi connectivity index (χ1n) is 4.78. The molecule has 0 radical (unpaired) electrons. The second-order valence-electron chi connectivity index (χ2n) is 3.43. The van der Waals surface area contributed by atoms with E-state index in [0.29, 0.717) is 6.42 Å². The Morgan fingerprint density at radius 2 is 1.36 bits per heavy atom. The number of rotatable bonds is 4. The zero-order chi connectivity index (χ0) is 10.2. The van der Waals surface area contributed by atoms with Crippen molar-refractivity contribution in [1.29, 1.82) is 0 Å². The van der Waals surface area contributed by atoms with Gasteiger partial charge in [-0.25, -0.2) is 0 Å². The Morgan fingerprint density at radius 1 is 1.07 bits per heavy atom. The third kappa shape index (κ3) is 5.51. The Balaban J connectivity index is 0. The zero-order valence-electron chi connectivity index (χ0n) is 8.79. The fourth-order valence-corrected chi connectivity index (χ4v) is 0.662. The maximum atomic E-state index is 8.66. The molecule has 0 unspecified atom stereocenters. The molecule has 1 heterocycles. The molecule has 5 nitrogen and oxygen atoms in total. The predicted octanol–water partition coefficient (Wildman–Crippen LogP) is -1.49. The van der Waals surface area contributed by atoms with Crippen LogP contribution in [0.25, 0.3) is 0 Å². The normalized spacial score (nSPS) is 14.6. The van der Waals surface area contributed by atoms with E-state index in [1.165, 1.54) is 19.5 Å². The molecule has 0 aromatic carbocycles. The third-order valence-electron chi connectivity index (χ3n) is 2.46. The van der Waals surface area contributed by atoms with Gasteiger partial charge in [0.2, 0.25) is 0 Å². The number of hydrogen-bond donors (Lipinski definition) is 4. The first-order valence-corrected chi connectivity index (χ1v) is 4.78. The quantitative estimate of drug-likeness (QED) is 0.453. The molecule has 0 aliphatic carbocycles. The van der Waals surface area contributed by atoms with Crippen LogP contribution in [0.5, 0.6) is 0 Å². The van der Waals surface area contributed by atoms with Crippen LogP contribution in [0.2, 0.25) is 0 Å². The summed E-state index contributed by atoms with van der Waals surface area (Å²) >= 11 is 0. The van der Waals surface area contributed by atoms with Gasteiger partial charge in [-0.15, -0.1) is 0 Å². The van der Waals surface area contributed by atoms with E-state index in [1.807, 2.05) is 6.92 Å². The summed E-state index contributed by atoms with van der Waals surface area (Å²) in [6.45, 7) is 3.85. The fourth-order valence-electron chi connectivity index (χ4n) is 0.662. The van der Waals surface area contributed by atoms with Gasteiger partial charge in [-0.3, -0.25) is 0 Å². The molecule has 0 bridgehead atoms. The molecule has 0 spiro atoms. The van der Waals surface area contributed by atoms with Crippen LogP contribution in [-0.2, 0) is 0 Å². The van der Waals surface area contributed by atoms with Gasteiger partial charge in [-0.1, -0.05) is 6.92 Å². The largest absolute Gasteiger partial charge is 0.412 e. The van der Waals surface area contributed by atoms with Gasteiger partial charge >= 0.3 is 0 Å². The van der Waals surface area contributed by atoms with E-state index >= 15 is 0 Å². The topological polar surface area (TPSA) is 104 Å². The summed E-state index contributed by atoms with van der Waals surface area (Å²) in [6.07, 6.45) is 1.98. The van der Waals surface area contributed by atoms with Crippen molar-refractivity contribution < 1.29 is 20.8 Å². The van der Waals surface area contributed by atoms with Gasteiger partial charge in [-0.2, -0.15) is 0 Å². The molecule has 1 fully saturated rings. The van der Waals surface area contributed by atoms with E-state index < -0.39 is 5.41 Å². The summed E-state index contributed by atoms with van der Waals surface area (Å²) in [4.78, 5) is 0. The van der Waals surface area contributed by atoms with Gasteiger partial charge < -0.3 is 26.1 Å². The van der Waals surface area contributed by atoms with Crippen LogP contribution in [-0.4, -0.2) is 53.7 Å². The molecule has 5 heteroatoms. The maximum Gasteiger partial charge on any atom is 0.0531 e. The van der Waals surface area contributed by atoms with Crippen molar-refractivity contribution in [3.63, 3.8) is 0 Å². The first kappa shape index (κ1) is 16.2. The summed E-state index contributed by atoms with van der Waals surface area (Å²) in [5, 5.41) is 29.1. The molecule has 88 valence electrons. The summed E-state index contributed by atoms with van der Waals surface area (Å²) in [7, 11) is 0. The van der Waals surface area contributed by atoms with Crippen molar-refractivity contribution in [2.24, 2.45) is 5.41 Å². The van der Waals surface area contributed by atoms with E-state index in [-0.39, 0.29) is 25.3 Å². The van der Waals surface area contributed by atoms with Crippen molar-refractivity contribution in [2.45, 2.75) is 19.8 Å². The molecular weight excluding hydrogens is 186 g/mol. The zero-order valence-corrected chi connectivity index (χ0v) is 8.79. The minimum absolute atomic E-state index is 0. The molecule has 0 amide bonds. The summed E-state index contributed by atoms with van der Waals surface area (Å²) < 4.78 is 0. The van der Waals surface area contributed by atoms with Crippen molar-refractivity contribution in [2.75, 3.05) is 32.9 Å². The lowest BCUT2D eigenvalue weighted by Crippen LogP contribution is -2.32. The molecular formula is C9H23NO4. The minimum Gasteiger partial charge on any atom is -0.412 e. The van der Waals surface area contributed by atoms with Crippen LogP contribution in [0.15, 0.2) is 0 Å². The number of aliphatic hydroxyl groups excluding tert-OH is 3. The van der Waals surface area contributed by atoms with E-state index in [4.69, 9.17) is 15.3 Å². The van der Waals surface area contributed by atoms with E-state index in [1.54, 1.807) is 0 Å². The summed E-state index contributed by atoms with van der Waals surface area (Å²) in [6, 6.07) is 0. The highest BCUT2D eigenvalue weighted by molar-refractivity contribution is 4.74. The second kappa shape index (κ2) is 9.36. The lowest BCUT2D eigenvalue weighted by molar-refractivity contribution is 0.00304. The smallest absolute Gasteiger partial charge is 0.0531 e. The highest BCUT2D eigenvalue weighted by Crippen LogP contribution is 2.18. The second-order valence-corrected chi connectivity index (χ2v) is 3.43. The lowest BCUT2D eigenvalue weighted by atomic mass is 9.88. The van der Waals surface area contributed by atoms with Crippen molar-refractivity contribution in [3.8, 4) is 0 Å². The Hall–Kier alpha value is -0.200. The summed E-state index contributed by atoms with van der Waals surface area (Å²) in [5.74, 6) is 0. The fraction of sp³-hybridized carbons (Fsp3) is 1.00. The average molecular weight is 209 g/mol. The highest BCUT2D eigenvalue weighted by atomic mass is 16.3. The molecule has 0 atom stereocenters. The lowest BCUT2D eigenvalue weighted by Gasteiger charge is -2.24. The Kier molecular flexibility index (Phi) is 10.9. The van der Waals surface area contributed by atoms with Crippen LogP contribution >= 0.6 is 0 Å². The van der Waals surface area contributed by atoms with Crippen LogP contribution < -0.4 is 5.32 Å². The van der Waals surface area contributed by atoms with Crippen molar-refractivity contribution >= 4 is 0 Å². The molecule has 1 aliphatic rings. The molecule has 14 heavy (non-hydrogen) atoms. The van der Waals surface area contributed by atoms with E-state index in [2.05, 4.69) is 5.32 Å². The number of hydrogen-bond acceptors (Lipinski definition) is 4. The van der Waals surface area contributed by atoms with Gasteiger partial charge in [-0.05, 0) is 25.9 Å². The molecule has 0 aromatic heterocycles. The van der Waals surface area contributed by atoms with Crippen molar-refractivity contribution in [1.82, 2.24) is 5.32 Å². The Bertz CT molecular complexity index is 91.9. The van der Waals surface area contributed by atoms with E-state index in [0.717, 1.165) is 0 Å². The van der Waals surface area contributed by atoms with Crippen LogP contribution in [0.3, 0.4) is 0 Å². The van der Waals surface area contributed by atoms with Gasteiger partial charge in [0.05, 0.1) is 19.8 Å². The molecule has 0 aromatic rings. The van der Waals surface area contributed by atoms with Crippen LogP contribution in [0.4, 0.5) is 0 Å². The van der Waals surface area contributed by atoms with Crippen molar-refractivity contribution in [3.05, 3.63) is 0 Å². The first-order chi connectivity index (χ1) is 6.24. The van der Waals surface area contributed by atoms with E-state index in [9.17, 15) is 0 Å². The highest BCUT2D eigenvalue weighted by Gasteiger charge is 2.24. The molecule has 1 aliphatic heterocycles. The predicted molar refractivity (Wildman–Crippen MR) is 55.1 cm³/mol. The monoisotopic (exact) mass is 209 g/mol. The van der Waals surface area contributed by atoms with Crippen LogP contribution in [0.1, 0.15) is 19.8 Å².